The van der Waals surface area contributed by atoms with Crippen LogP contribution in [0.15, 0.2) is 35.1 Å². The summed E-state index contributed by atoms with van der Waals surface area (Å²) in [6.45, 7) is 0. The third-order valence-electron chi connectivity index (χ3n) is 2.62. The molecule has 0 N–H and O–H groups in total. The first kappa shape index (κ1) is 7.66. The normalized spacial score (nSPS) is 21.9. The molecule has 12 heavy (non-hydrogen) atoms. The highest BCUT2D eigenvalue weighted by atomic mass is 16.5. The second kappa shape index (κ2) is 3.18. The van der Waals surface area contributed by atoms with E-state index in [1.807, 2.05) is 0 Å². The van der Waals surface area contributed by atoms with E-state index in [1.54, 1.807) is 18.3 Å². The number of methoxy groups -OCH3 is 1. The quantitative estimate of drug-likeness (QED) is 0.538. The minimum atomic E-state index is 1.04. The lowest BCUT2D eigenvalue weighted by Gasteiger charge is -2.21. The van der Waals surface area contributed by atoms with Gasteiger partial charge >= 0.3 is 0 Å². The molecule has 2 rings (SSSR count). The van der Waals surface area contributed by atoms with Crippen molar-refractivity contribution in [3.63, 3.8) is 0 Å². The van der Waals surface area contributed by atoms with Gasteiger partial charge in [0.05, 0.1) is 12.9 Å². The van der Waals surface area contributed by atoms with Crippen LogP contribution in [-0.2, 0) is 4.74 Å². The molecule has 1 heteroatoms. The van der Waals surface area contributed by atoms with Gasteiger partial charge in [0.15, 0.2) is 0 Å². The predicted octanol–water partition coefficient (Wildman–Crippen LogP) is 2.96. The molecule has 0 fully saturated rings. The third-order valence-corrected chi connectivity index (χ3v) is 2.62. The van der Waals surface area contributed by atoms with Crippen LogP contribution >= 0.6 is 0 Å². The van der Waals surface area contributed by atoms with Gasteiger partial charge in [0.25, 0.3) is 0 Å². The van der Waals surface area contributed by atoms with Crippen LogP contribution < -0.4 is 0 Å². The van der Waals surface area contributed by atoms with E-state index in [9.17, 15) is 0 Å². The van der Waals surface area contributed by atoms with Crippen molar-refractivity contribution in [2.45, 2.75) is 25.7 Å². The summed E-state index contributed by atoms with van der Waals surface area (Å²) < 4.78 is 5.24. The van der Waals surface area contributed by atoms with Gasteiger partial charge in [-0.05, 0) is 25.3 Å². The van der Waals surface area contributed by atoms with Crippen LogP contribution in [0.25, 0.3) is 0 Å². The summed E-state index contributed by atoms with van der Waals surface area (Å²) in [5.74, 6) is 1.14. The topological polar surface area (TPSA) is 9.23 Å². The van der Waals surface area contributed by atoms with Crippen molar-refractivity contribution in [3.8, 4) is 0 Å². The van der Waals surface area contributed by atoms with Gasteiger partial charge in [-0.1, -0.05) is 23.3 Å². The lowest BCUT2D eigenvalue weighted by molar-refractivity contribution is 0.279. The molecule has 1 nitrogen and oxygen atoms in total. The van der Waals surface area contributed by atoms with Crippen molar-refractivity contribution >= 4 is 0 Å². The van der Waals surface area contributed by atoms with Gasteiger partial charge in [0, 0.05) is 6.42 Å². The molecule has 0 spiro atoms. The zero-order chi connectivity index (χ0) is 8.39. The Labute approximate surface area is 73.4 Å². The van der Waals surface area contributed by atoms with E-state index in [0.29, 0.717) is 0 Å². The van der Waals surface area contributed by atoms with Crippen LogP contribution in [-0.4, -0.2) is 7.11 Å². The standard InChI is InChI=1S/C11H14O/c1-12-11-7-6-9-4-2-3-5-10(9)8-11/h2-3,7H,4-6,8H2,1H3. The molecule has 0 saturated heterocycles. The first-order valence-electron chi connectivity index (χ1n) is 4.48. The molecule has 0 aromatic rings. The molecule has 2 aliphatic carbocycles. The van der Waals surface area contributed by atoms with Gasteiger partial charge < -0.3 is 4.74 Å². The molecule has 0 bridgehead atoms. The Bertz CT molecular complexity index is 269. The lowest BCUT2D eigenvalue weighted by atomic mass is 9.88. The largest absolute Gasteiger partial charge is 0.501 e. The predicted molar refractivity (Wildman–Crippen MR) is 49.7 cm³/mol. The summed E-state index contributed by atoms with van der Waals surface area (Å²) in [4.78, 5) is 0. The summed E-state index contributed by atoms with van der Waals surface area (Å²) in [6.07, 6.45) is 11.2. The van der Waals surface area contributed by atoms with Crippen LogP contribution in [0.2, 0.25) is 0 Å². The van der Waals surface area contributed by atoms with Gasteiger partial charge in [0.2, 0.25) is 0 Å². The maximum absolute atomic E-state index is 5.24. The maximum atomic E-state index is 5.24. The molecule has 0 radical (unpaired) electrons. The molecule has 0 aromatic heterocycles. The number of hydrogen-bond acceptors (Lipinski definition) is 1. The van der Waals surface area contributed by atoms with E-state index in [0.717, 1.165) is 31.4 Å². The molecule has 0 amide bonds. The zero-order valence-electron chi connectivity index (χ0n) is 7.47. The van der Waals surface area contributed by atoms with Gasteiger partial charge in [-0.25, -0.2) is 0 Å². The first-order valence-corrected chi connectivity index (χ1v) is 4.48. The number of rotatable bonds is 1. The van der Waals surface area contributed by atoms with E-state index in [1.165, 1.54) is 0 Å². The average molecular weight is 162 g/mol. The fourth-order valence-electron chi connectivity index (χ4n) is 1.84. The summed E-state index contributed by atoms with van der Waals surface area (Å²) in [6, 6.07) is 0. The van der Waals surface area contributed by atoms with Crippen molar-refractivity contribution < 1.29 is 4.74 Å². The second-order valence-electron chi connectivity index (χ2n) is 3.34. The van der Waals surface area contributed by atoms with Crippen LogP contribution in [0.4, 0.5) is 0 Å². The molecular weight excluding hydrogens is 148 g/mol. The van der Waals surface area contributed by atoms with Crippen LogP contribution in [0, 0.1) is 0 Å². The fraction of sp³-hybridized carbons (Fsp3) is 0.455. The zero-order valence-corrected chi connectivity index (χ0v) is 7.47. The second-order valence-corrected chi connectivity index (χ2v) is 3.34. The van der Waals surface area contributed by atoms with E-state index in [-0.39, 0.29) is 0 Å². The van der Waals surface area contributed by atoms with Gasteiger partial charge in [-0.2, -0.15) is 0 Å². The number of hydrogen-bond donors (Lipinski definition) is 0. The summed E-state index contributed by atoms with van der Waals surface area (Å²) in [7, 11) is 1.76. The Morgan fingerprint density at radius 1 is 1.08 bits per heavy atom. The van der Waals surface area contributed by atoms with Crippen molar-refractivity contribution in [2.24, 2.45) is 0 Å². The highest BCUT2D eigenvalue weighted by Gasteiger charge is 2.14. The molecule has 0 atom stereocenters. The Balaban J connectivity index is 2.11. The van der Waals surface area contributed by atoms with Crippen molar-refractivity contribution in [1.29, 1.82) is 0 Å². The molecule has 0 heterocycles. The van der Waals surface area contributed by atoms with E-state index >= 15 is 0 Å². The summed E-state index contributed by atoms with van der Waals surface area (Å²) in [5, 5.41) is 0. The van der Waals surface area contributed by atoms with Crippen LogP contribution in [0.3, 0.4) is 0 Å². The Morgan fingerprint density at radius 3 is 2.58 bits per heavy atom. The molecule has 0 aromatic carbocycles. The monoisotopic (exact) mass is 162 g/mol. The van der Waals surface area contributed by atoms with E-state index in [4.69, 9.17) is 4.74 Å². The maximum Gasteiger partial charge on any atom is 0.0959 e. The van der Waals surface area contributed by atoms with Gasteiger partial charge in [0.1, 0.15) is 0 Å². The van der Waals surface area contributed by atoms with E-state index < -0.39 is 0 Å². The Morgan fingerprint density at radius 2 is 1.83 bits per heavy atom. The highest BCUT2D eigenvalue weighted by Crippen LogP contribution is 2.32. The summed E-state index contributed by atoms with van der Waals surface area (Å²) >= 11 is 0. The first-order chi connectivity index (χ1) is 5.90. The van der Waals surface area contributed by atoms with Gasteiger partial charge in [-0.15, -0.1) is 0 Å². The molecule has 64 valence electrons. The van der Waals surface area contributed by atoms with E-state index in [2.05, 4.69) is 18.2 Å². The van der Waals surface area contributed by atoms with Crippen LogP contribution in [0.1, 0.15) is 25.7 Å². The minimum Gasteiger partial charge on any atom is -0.501 e. The molecule has 0 unspecified atom stereocenters. The Hall–Kier alpha value is -0.980. The minimum absolute atomic E-state index is 1.04. The third kappa shape index (κ3) is 1.31. The molecular formula is C11H14O. The number of ether oxygens (including phenoxy) is 1. The molecule has 0 saturated carbocycles. The van der Waals surface area contributed by atoms with Crippen molar-refractivity contribution in [1.82, 2.24) is 0 Å². The van der Waals surface area contributed by atoms with Crippen molar-refractivity contribution in [2.75, 3.05) is 7.11 Å². The SMILES string of the molecule is COC1=CCC2=C(CC=CC2)C1. The molecule has 0 aliphatic heterocycles. The summed E-state index contributed by atoms with van der Waals surface area (Å²) in [5.41, 5.74) is 3.19. The van der Waals surface area contributed by atoms with Gasteiger partial charge in [-0.3, -0.25) is 0 Å². The average Bonchev–Trinajstić information content (AvgIpc) is 2.17. The lowest BCUT2D eigenvalue weighted by Crippen LogP contribution is -2.03. The smallest absolute Gasteiger partial charge is 0.0959 e. The Kier molecular flexibility index (Phi) is 2.03. The number of allylic oxidation sites excluding steroid dienone is 5. The highest BCUT2D eigenvalue weighted by molar-refractivity contribution is 5.32. The molecule has 2 aliphatic rings. The fourth-order valence-corrected chi connectivity index (χ4v) is 1.84. The van der Waals surface area contributed by atoms with Crippen molar-refractivity contribution in [3.05, 3.63) is 35.1 Å². The van der Waals surface area contributed by atoms with Crippen LogP contribution in [0.5, 0.6) is 0 Å².